The molecule has 2 atom stereocenters. The highest BCUT2D eigenvalue weighted by molar-refractivity contribution is 6.53. The van der Waals surface area contributed by atoms with Crippen molar-refractivity contribution in [1.29, 1.82) is 0 Å². The summed E-state index contributed by atoms with van der Waals surface area (Å²) < 4.78 is 12.1. The zero-order valence-corrected chi connectivity index (χ0v) is 20.7. The van der Waals surface area contributed by atoms with E-state index >= 15 is 0 Å². The number of amides is 2. The first-order valence-corrected chi connectivity index (χ1v) is 11.7. The molecular formula is C24H18Cl4FN3O2. The zero-order valence-electron chi connectivity index (χ0n) is 17.6. The van der Waals surface area contributed by atoms with Crippen LogP contribution in [0.5, 0.6) is 0 Å². The third-order valence-corrected chi connectivity index (χ3v) is 7.11. The molecule has 1 aliphatic carbocycles. The van der Waals surface area contributed by atoms with Crippen molar-refractivity contribution in [2.75, 3.05) is 23.0 Å². The van der Waals surface area contributed by atoms with Gasteiger partial charge in [0.05, 0.1) is 21.5 Å². The van der Waals surface area contributed by atoms with Gasteiger partial charge >= 0.3 is 0 Å². The second kappa shape index (κ2) is 9.62. The topological polar surface area (TPSA) is 70.2 Å². The molecule has 10 heteroatoms. The van der Waals surface area contributed by atoms with Crippen LogP contribution >= 0.6 is 46.4 Å². The molecular weight excluding hydrogens is 523 g/mol. The number of alkyl halides is 2. The number of halogens is 5. The van der Waals surface area contributed by atoms with Crippen molar-refractivity contribution >= 4 is 75.3 Å². The molecule has 0 bridgehead atoms. The van der Waals surface area contributed by atoms with Crippen LogP contribution < -0.4 is 16.0 Å². The number of rotatable bonds is 6. The summed E-state index contributed by atoms with van der Waals surface area (Å²) in [5.41, 5.74) is 2.56. The monoisotopic (exact) mass is 539 g/mol. The van der Waals surface area contributed by atoms with Gasteiger partial charge in [-0.05, 0) is 60.2 Å². The molecule has 5 nitrogen and oxygen atoms in total. The summed E-state index contributed by atoms with van der Waals surface area (Å²) in [5, 5.41) is 8.63. The van der Waals surface area contributed by atoms with Gasteiger partial charge in [-0.15, -0.1) is 23.2 Å². The molecule has 1 fully saturated rings. The Morgan fingerprint density at radius 1 is 0.853 bits per heavy atom. The van der Waals surface area contributed by atoms with Crippen molar-refractivity contribution in [3.05, 3.63) is 87.7 Å². The van der Waals surface area contributed by atoms with E-state index in [1.54, 1.807) is 25.2 Å². The van der Waals surface area contributed by atoms with Crippen LogP contribution in [0.3, 0.4) is 0 Å². The molecule has 176 valence electrons. The first-order chi connectivity index (χ1) is 16.1. The molecule has 34 heavy (non-hydrogen) atoms. The van der Waals surface area contributed by atoms with Crippen molar-refractivity contribution in [2.45, 2.75) is 10.3 Å². The number of hydrogen-bond acceptors (Lipinski definition) is 3. The standard InChI is InChI=1S/C24H18Cl4FN3O2/c1-30-13-3-5-14(6-4-13)31-22(33)16-11-15(7-8-17(16)25)32-23(34)21-20(24(21,27)28)12-2-9-19(29)18(26)10-12/h2-11,20-21,30H,1H3,(H,31,33)(H,32,34)/t20-,21+/m1/s1. The van der Waals surface area contributed by atoms with Gasteiger partial charge in [-0.2, -0.15) is 0 Å². The van der Waals surface area contributed by atoms with Crippen LogP contribution in [-0.2, 0) is 4.79 Å². The fourth-order valence-corrected chi connectivity index (χ4v) is 4.91. The lowest BCUT2D eigenvalue weighted by molar-refractivity contribution is -0.117. The number of carbonyl (C=O) groups is 2. The quantitative estimate of drug-likeness (QED) is 0.296. The lowest BCUT2D eigenvalue weighted by Crippen LogP contribution is -2.18. The Morgan fingerprint density at radius 3 is 2.15 bits per heavy atom. The molecule has 4 rings (SSSR count). The van der Waals surface area contributed by atoms with E-state index in [0.717, 1.165) is 5.69 Å². The summed E-state index contributed by atoms with van der Waals surface area (Å²) >= 11 is 24.8. The Morgan fingerprint density at radius 2 is 1.50 bits per heavy atom. The van der Waals surface area contributed by atoms with E-state index in [2.05, 4.69) is 16.0 Å². The Bertz CT molecular complexity index is 1270. The molecule has 2 amide bonds. The molecule has 0 heterocycles. The minimum atomic E-state index is -1.38. The minimum Gasteiger partial charge on any atom is -0.388 e. The van der Waals surface area contributed by atoms with Gasteiger partial charge in [-0.25, -0.2) is 4.39 Å². The minimum absolute atomic E-state index is 0.0818. The maximum Gasteiger partial charge on any atom is 0.257 e. The predicted octanol–water partition coefficient (Wildman–Crippen LogP) is 6.95. The molecule has 0 radical (unpaired) electrons. The Balaban J connectivity index is 1.48. The second-order valence-electron chi connectivity index (χ2n) is 7.77. The van der Waals surface area contributed by atoms with Crippen molar-refractivity contribution in [1.82, 2.24) is 0 Å². The lowest BCUT2D eigenvalue weighted by Gasteiger charge is -2.11. The van der Waals surface area contributed by atoms with Crippen LogP contribution in [0, 0.1) is 11.7 Å². The van der Waals surface area contributed by atoms with E-state index < -0.39 is 33.8 Å². The van der Waals surface area contributed by atoms with E-state index in [1.165, 1.54) is 30.3 Å². The van der Waals surface area contributed by atoms with Crippen LogP contribution in [0.25, 0.3) is 0 Å². The van der Waals surface area contributed by atoms with Crippen molar-refractivity contribution in [3.63, 3.8) is 0 Å². The molecule has 0 aliphatic heterocycles. The smallest absolute Gasteiger partial charge is 0.257 e. The highest BCUT2D eigenvalue weighted by Gasteiger charge is 2.67. The summed E-state index contributed by atoms with van der Waals surface area (Å²) in [6.45, 7) is 0. The van der Waals surface area contributed by atoms with Gasteiger partial charge < -0.3 is 16.0 Å². The average molecular weight is 541 g/mol. The van der Waals surface area contributed by atoms with Crippen molar-refractivity contribution in [2.24, 2.45) is 5.92 Å². The SMILES string of the molecule is CNc1ccc(NC(=O)c2cc(NC(=O)[C@@H]3[C@@H](c4ccc(F)c(Cl)c4)C3(Cl)Cl)ccc2Cl)cc1. The summed E-state index contributed by atoms with van der Waals surface area (Å²) in [7, 11) is 1.80. The molecule has 0 unspecified atom stereocenters. The summed E-state index contributed by atoms with van der Waals surface area (Å²) in [5.74, 6) is -2.83. The maximum absolute atomic E-state index is 13.5. The fraction of sp³-hybridized carbons (Fsp3) is 0.167. The van der Waals surface area contributed by atoms with Crippen LogP contribution in [0.4, 0.5) is 21.5 Å². The Labute approximate surface area is 215 Å². The Kier molecular flexibility index (Phi) is 6.97. The van der Waals surface area contributed by atoms with Crippen molar-refractivity contribution in [3.8, 4) is 0 Å². The second-order valence-corrected chi connectivity index (χ2v) is 10.0. The van der Waals surface area contributed by atoms with Gasteiger partial charge in [0.15, 0.2) is 0 Å². The lowest BCUT2D eigenvalue weighted by atomic mass is 10.1. The molecule has 3 aromatic rings. The fourth-order valence-electron chi connectivity index (χ4n) is 3.69. The van der Waals surface area contributed by atoms with Gasteiger partial charge in [0, 0.05) is 30.0 Å². The third kappa shape index (κ3) is 4.96. The van der Waals surface area contributed by atoms with E-state index in [0.29, 0.717) is 16.9 Å². The highest BCUT2D eigenvalue weighted by atomic mass is 35.5. The van der Waals surface area contributed by atoms with E-state index in [1.807, 2.05) is 12.1 Å². The van der Waals surface area contributed by atoms with E-state index in [-0.39, 0.29) is 15.6 Å². The maximum atomic E-state index is 13.5. The largest absolute Gasteiger partial charge is 0.388 e. The van der Waals surface area contributed by atoms with Crippen molar-refractivity contribution < 1.29 is 14.0 Å². The van der Waals surface area contributed by atoms with Crippen LogP contribution in [-0.4, -0.2) is 23.2 Å². The summed E-state index contributed by atoms with van der Waals surface area (Å²) in [6.07, 6.45) is 0. The first kappa shape index (κ1) is 24.6. The molecule has 3 aromatic carbocycles. The number of carbonyl (C=O) groups excluding carboxylic acids is 2. The first-order valence-electron chi connectivity index (χ1n) is 10.1. The average Bonchev–Trinajstić information content (AvgIpc) is 3.39. The van der Waals surface area contributed by atoms with Gasteiger partial charge in [-0.1, -0.05) is 29.3 Å². The number of anilines is 3. The molecule has 0 aromatic heterocycles. The third-order valence-electron chi connectivity index (χ3n) is 5.55. The normalized spacial score (nSPS) is 18.2. The predicted molar refractivity (Wildman–Crippen MR) is 136 cm³/mol. The summed E-state index contributed by atoms with van der Waals surface area (Å²) in [4.78, 5) is 25.7. The van der Waals surface area contributed by atoms with Gasteiger partial charge in [0.25, 0.3) is 5.91 Å². The molecule has 1 saturated carbocycles. The van der Waals surface area contributed by atoms with Gasteiger partial charge in [-0.3, -0.25) is 9.59 Å². The zero-order chi connectivity index (χ0) is 24.6. The van der Waals surface area contributed by atoms with Gasteiger partial charge in [0.2, 0.25) is 5.91 Å². The molecule has 1 aliphatic rings. The highest BCUT2D eigenvalue weighted by Crippen LogP contribution is 2.65. The van der Waals surface area contributed by atoms with Crippen LogP contribution in [0.2, 0.25) is 10.0 Å². The van der Waals surface area contributed by atoms with E-state index in [4.69, 9.17) is 46.4 Å². The number of hydrogen-bond donors (Lipinski definition) is 3. The molecule has 0 saturated heterocycles. The molecule has 0 spiro atoms. The number of nitrogens with one attached hydrogen (secondary N) is 3. The molecule has 3 N–H and O–H groups in total. The van der Waals surface area contributed by atoms with Crippen LogP contribution in [0.1, 0.15) is 21.8 Å². The number of benzene rings is 3. The van der Waals surface area contributed by atoms with Gasteiger partial charge in [0.1, 0.15) is 10.2 Å². The van der Waals surface area contributed by atoms with E-state index in [9.17, 15) is 14.0 Å². The summed E-state index contributed by atoms with van der Waals surface area (Å²) in [6, 6.07) is 15.8. The Hall–Kier alpha value is -2.51. The van der Waals surface area contributed by atoms with Crippen LogP contribution in [0.15, 0.2) is 60.7 Å².